The van der Waals surface area contributed by atoms with Crippen LogP contribution >= 0.6 is 0 Å². The lowest BCUT2D eigenvalue weighted by atomic mass is 9.95. The van der Waals surface area contributed by atoms with Crippen LogP contribution in [0.3, 0.4) is 0 Å². The van der Waals surface area contributed by atoms with E-state index in [2.05, 4.69) is 22.4 Å². The number of aromatic amines is 1. The van der Waals surface area contributed by atoms with E-state index < -0.39 is 10.0 Å². The Morgan fingerprint density at radius 1 is 1.53 bits per heavy atom. The van der Waals surface area contributed by atoms with Gasteiger partial charge in [0.05, 0.1) is 6.20 Å². The van der Waals surface area contributed by atoms with Crippen molar-refractivity contribution in [2.75, 3.05) is 13.6 Å². The van der Waals surface area contributed by atoms with Gasteiger partial charge in [0, 0.05) is 24.7 Å². The zero-order valence-electron chi connectivity index (χ0n) is 11.7. The SMILES string of the molecule is CNCc1cn[nH]c1S(=O)(=O)N1CCC(C)CC1C. The average Bonchev–Trinajstić information content (AvgIpc) is 2.78. The van der Waals surface area contributed by atoms with E-state index in [1.54, 1.807) is 17.5 Å². The summed E-state index contributed by atoms with van der Waals surface area (Å²) >= 11 is 0. The Kier molecular flexibility index (Phi) is 4.27. The third kappa shape index (κ3) is 2.82. The maximum Gasteiger partial charge on any atom is 0.260 e. The maximum absolute atomic E-state index is 12.7. The molecule has 0 aliphatic carbocycles. The molecule has 2 atom stereocenters. The van der Waals surface area contributed by atoms with Gasteiger partial charge in [0.15, 0.2) is 5.03 Å². The number of hydrogen-bond acceptors (Lipinski definition) is 4. The number of H-pyrrole nitrogens is 1. The second kappa shape index (κ2) is 5.60. The van der Waals surface area contributed by atoms with Gasteiger partial charge >= 0.3 is 0 Å². The molecule has 1 aromatic heterocycles. The summed E-state index contributed by atoms with van der Waals surface area (Å²) in [5.74, 6) is 0.583. The first-order valence-electron chi connectivity index (χ1n) is 6.65. The van der Waals surface area contributed by atoms with E-state index in [1.165, 1.54) is 0 Å². The molecule has 108 valence electrons. The molecular formula is C12H22N4O2S. The summed E-state index contributed by atoms with van der Waals surface area (Å²) < 4.78 is 27.0. The Bertz CT molecular complexity index is 526. The molecule has 7 heteroatoms. The fourth-order valence-corrected chi connectivity index (χ4v) is 4.46. The molecular weight excluding hydrogens is 264 g/mol. The highest BCUT2D eigenvalue weighted by atomic mass is 32.2. The van der Waals surface area contributed by atoms with Crippen LogP contribution in [0.25, 0.3) is 0 Å². The van der Waals surface area contributed by atoms with Crippen LogP contribution in [-0.2, 0) is 16.6 Å². The van der Waals surface area contributed by atoms with E-state index in [9.17, 15) is 8.42 Å². The summed E-state index contributed by atoms with van der Waals surface area (Å²) in [5.41, 5.74) is 0.688. The van der Waals surface area contributed by atoms with E-state index in [1.807, 2.05) is 6.92 Å². The van der Waals surface area contributed by atoms with Crippen molar-refractivity contribution in [2.45, 2.75) is 44.3 Å². The molecule has 1 aliphatic rings. The van der Waals surface area contributed by atoms with Crippen LogP contribution in [0.5, 0.6) is 0 Å². The van der Waals surface area contributed by atoms with Crippen molar-refractivity contribution in [1.82, 2.24) is 19.8 Å². The Hall–Kier alpha value is -0.920. The highest BCUT2D eigenvalue weighted by molar-refractivity contribution is 7.89. The molecule has 0 saturated carbocycles. The monoisotopic (exact) mass is 286 g/mol. The standard InChI is InChI=1S/C12H22N4O2S/c1-9-4-5-16(10(2)6-9)19(17,18)12-11(7-13-3)8-14-15-12/h8-10,13H,4-7H2,1-3H3,(H,14,15). The molecule has 0 amide bonds. The quantitative estimate of drug-likeness (QED) is 0.863. The highest BCUT2D eigenvalue weighted by Gasteiger charge is 2.35. The van der Waals surface area contributed by atoms with Gasteiger partial charge in [-0.15, -0.1) is 0 Å². The van der Waals surface area contributed by atoms with Gasteiger partial charge in [0.2, 0.25) is 0 Å². The Labute approximate surface area is 114 Å². The van der Waals surface area contributed by atoms with E-state index in [4.69, 9.17) is 0 Å². The molecule has 1 fully saturated rings. The third-order valence-corrected chi connectivity index (χ3v) is 5.72. The molecule has 19 heavy (non-hydrogen) atoms. The lowest BCUT2D eigenvalue weighted by Crippen LogP contribution is -2.44. The highest BCUT2D eigenvalue weighted by Crippen LogP contribution is 2.28. The van der Waals surface area contributed by atoms with E-state index in [-0.39, 0.29) is 11.1 Å². The number of aromatic nitrogens is 2. The molecule has 2 N–H and O–H groups in total. The minimum atomic E-state index is -3.47. The fourth-order valence-electron chi connectivity index (χ4n) is 2.70. The van der Waals surface area contributed by atoms with Gasteiger partial charge in [0.1, 0.15) is 0 Å². The van der Waals surface area contributed by atoms with Gasteiger partial charge < -0.3 is 5.32 Å². The molecule has 1 aromatic rings. The lowest BCUT2D eigenvalue weighted by Gasteiger charge is -2.35. The number of piperidine rings is 1. The summed E-state index contributed by atoms with van der Waals surface area (Å²) in [4.78, 5) is 0. The van der Waals surface area contributed by atoms with Gasteiger partial charge in [-0.2, -0.15) is 9.40 Å². The Morgan fingerprint density at radius 2 is 2.26 bits per heavy atom. The molecule has 0 spiro atoms. The second-order valence-corrected chi connectivity index (χ2v) is 7.18. The van der Waals surface area contributed by atoms with Gasteiger partial charge in [-0.25, -0.2) is 8.42 Å². The van der Waals surface area contributed by atoms with E-state index in [0.717, 1.165) is 12.8 Å². The first kappa shape index (κ1) is 14.5. The predicted molar refractivity (Wildman–Crippen MR) is 73.1 cm³/mol. The minimum Gasteiger partial charge on any atom is -0.316 e. The van der Waals surface area contributed by atoms with Crippen LogP contribution in [0.2, 0.25) is 0 Å². The molecule has 2 rings (SSSR count). The summed E-state index contributed by atoms with van der Waals surface area (Å²) in [6.07, 6.45) is 3.40. The van der Waals surface area contributed by atoms with Crippen LogP contribution in [0.1, 0.15) is 32.3 Å². The number of sulfonamides is 1. The van der Waals surface area contributed by atoms with Gasteiger partial charge in [-0.3, -0.25) is 5.10 Å². The van der Waals surface area contributed by atoms with Crippen molar-refractivity contribution in [3.63, 3.8) is 0 Å². The summed E-state index contributed by atoms with van der Waals surface area (Å²) in [6, 6.07) is 0.0412. The maximum atomic E-state index is 12.7. The molecule has 0 bridgehead atoms. The second-order valence-electron chi connectivity index (χ2n) is 5.35. The first-order chi connectivity index (χ1) is 8.96. The van der Waals surface area contributed by atoms with Crippen molar-refractivity contribution in [2.24, 2.45) is 5.92 Å². The first-order valence-corrected chi connectivity index (χ1v) is 8.09. The normalized spacial score (nSPS) is 25.6. The van der Waals surface area contributed by atoms with E-state index in [0.29, 0.717) is 24.6 Å². The van der Waals surface area contributed by atoms with Crippen LogP contribution in [0.4, 0.5) is 0 Å². The van der Waals surface area contributed by atoms with Crippen molar-refractivity contribution < 1.29 is 8.42 Å². The lowest BCUT2D eigenvalue weighted by molar-refractivity contribution is 0.219. The van der Waals surface area contributed by atoms with E-state index >= 15 is 0 Å². The van der Waals surface area contributed by atoms with Gasteiger partial charge in [-0.1, -0.05) is 6.92 Å². The Balaban J connectivity index is 2.29. The van der Waals surface area contributed by atoms with Crippen molar-refractivity contribution in [3.05, 3.63) is 11.8 Å². The van der Waals surface area contributed by atoms with Crippen molar-refractivity contribution in [1.29, 1.82) is 0 Å². The van der Waals surface area contributed by atoms with Crippen LogP contribution in [0, 0.1) is 5.92 Å². The van der Waals surface area contributed by atoms with Crippen LogP contribution in [0.15, 0.2) is 11.2 Å². The van der Waals surface area contributed by atoms with Crippen LogP contribution < -0.4 is 5.32 Å². The molecule has 1 aliphatic heterocycles. The molecule has 2 unspecified atom stereocenters. The third-order valence-electron chi connectivity index (χ3n) is 3.69. The zero-order chi connectivity index (χ0) is 14.0. The van der Waals surface area contributed by atoms with Crippen molar-refractivity contribution in [3.8, 4) is 0 Å². The predicted octanol–water partition coefficient (Wildman–Crippen LogP) is 0.938. The van der Waals surface area contributed by atoms with Crippen molar-refractivity contribution >= 4 is 10.0 Å². The smallest absolute Gasteiger partial charge is 0.260 e. The summed E-state index contributed by atoms with van der Waals surface area (Å²) in [5, 5.41) is 9.70. The Morgan fingerprint density at radius 3 is 2.89 bits per heavy atom. The van der Waals surface area contributed by atoms with Gasteiger partial charge in [0.25, 0.3) is 10.0 Å². The fraction of sp³-hybridized carbons (Fsp3) is 0.750. The topological polar surface area (TPSA) is 78.1 Å². The molecule has 6 nitrogen and oxygen atoms in total. The zero-order valence-corrected chi connectivity index (χ0v) is 12.5. The number of rotatable bonds is 4. The number of hydrogen-bond donors (Lipinski definition) is 2. The molecule has 0 aromatic carbocycles. The minimum absolute atomic E-state index is 0.0412. The number of nitrogens with one attached hydrogen (secondary N) is 2. The van der Waals surface area contributed by atoms with Crippen LogP contribution in [-0.4, -0.2) is 42.6 Å². The van der Waals surface area contributed by atoms with Gasteiger partial charge in [-0.05, 0) is 32.7 Å². The molecule has 0 radical (unpaired) electrons. The largest absolute Gasteiger partial charge is 0.316 e. The molecule has 1 saturated heterocycles. The summed E-state index contributed by atoms with van der Waals surface area (Å²) in [7, 11) is -1.68. The molecule has 2 heterocycles. The average molecular weight is 286 g/mol. The summed E-state index contributed by atoms with van der Waals surface area (Å²) in [6.45, 7) is 5.22. The number of nitrogens with zero attached hydrogens (tertiary/aromatic N) is 2.